The molecule has 2 rings (SSSR count). The van der Waals surface area contributed by atoms with E-state index in [1.54, 1.807) is 7.11 Å². The Labute approximate surface area is 114 Å². The maximum absolute atomic E-state index is 5.21. The van der Waals surface area contributed by atoms with Crippen LogP contribution >= 0.6 is 0 Å². The number of aromatic nitrogens is 2. The van der Waals surface area contributed by atoms with Crippen LogP contribution in [0.3, 0.4) is 0 Å². The molecule has 19 heavy (non-hydrogen) atoms. The number of methoxy groups -OCH3 is 1. The molecule has 0 aliphatic heterocycles. The van der Waals surface area contributed by atoms with Gasteiger partial charge in [-0.25, -0.2) is 4.98 Å². The topological polar surface area (TPSA) is 39.1 Å². The molecule has 2 aromatic rings. The molecule has 102 valence electrons. The molecule has 0 amide bonds. The van der Waals surface area contributed by atoms with Crippen molar-refractivity contribution in [1.29, 1.82) is 0 Å². The fourth-order valence-corrected chi connectivity index (χ4v) is 2.09. The molecule has 1 N–H and O–H groups in total. The van der Waals surface area contributed by atoms with Gasteiger partial charge in [-0.15, -0.1) is 0 Å². The van der Waals surface area contributed by atoms with Gasteiger partial charge in [0.05, 0.1) is 6.61 Å². The molecule has 0 bridgehead atoms. The second-order valence-corrected chi connectivity index (χ2v) is 4.58. The van der Waals surface area contributed by atoms with Crippen molar-refractivity contribution in [3.8, 4) is 0 Å². The van der Waals surface area contributed by atoms with Crippen molar-refractivity contribution >= 4 is 0 Å². The Morgan fingerprint density at radius 3 is 2.74 bits per heavy atom. The molecule has 0 saturated carbocycles. The summed E-state index contributed by atoms with van der Waals surface area (Å²) in [6, 6.07) is 8.36. The van der Waals surface area contributed by atoms with E-state index in [1.165, 1.54) is 11.1 Å². The average molecular weight is 259 g/mol. The fourth-order valence-electron chi connectivity index (χ4n) is 2.09. The number of rotatable bonds is 7. The van der Waals surface area contributed by atoms with Crippen LogP contribution in [0.4, 0.5) is 0 Å². The van der Waals surface area contributed by atoms with Gasteiger partial charge in [-0.3, -0.25) is 0 Å². The number of aryl methyl sites for hydroxylation is 1. The van der Waals surface area contributed by atoms with Crippen LogP contribution in [0.25, 0.3) is 0 Å². The van der Waals surface area contributed by atoms with Crippen molar-refractivity contribution in [3.63, 3.8) is 0 Å². The second-order valence-electron chi connectivity index (χ2n) is 4.58. The van der Waals surface area contributed by atoms with Crippen molar-refractivity contribution in [3.05, 3.63) is 53.6 Å². The number of benzene rings is 1. The van der Waals surface area contributed by atoms with Crippen molar-refractivity contribution in [2.75, 3.05) is 13.7 Å². The van der Waals surface area contributed by atoms with E-state index in [0.29, 0.717) is 6.61 Å². The molecular weight excluding hydrogens is 238 g/mol. The van der Waals surface area contributed by atoms with E-state index in [9.17, 15) is 0 Å². The molecule has 1 heterocycles. The zero-order valence-corrected chi connectivity index (χ0v) is 11.6. The third kappa shape index (κ3) is 3.91. The average Bonchev–Trinajstić information content (AvgIpc) is 2.82. The maximum atomic E-state index is 5.21. The molecule has 0 spiro atoms. The quantitative estimate of drug-likeness (QED) is 0.772. The van der Waals surface area contributed by atoms with Gasteiger partial charge in [-0.1, -0.05) is 24.3 Å². The van der Waals surface area contributed by atoms with Crippen LogP contribution in [0.1, 0.15) is 17.0 Å². The Bertz CT molecular complexity index is 508. The van der Waals surface area contributed by atoms with Gasteiger partial charge in [-0.05, 0) is 11.1 Å². The summed E-state index contributed by atoms with van der Waals surface area (Å²) < 4.78 is 7.26. The van der Waals surface area contributed by atoms with Crippen LogP contribution in [0.15, 0.2) is 36.7 Å². The highest BCUT2D eigenvalue weighted by Gasteiger charge is 2.02. The van der Waals surface area contributed by atoms with Gasteiger partial charge in [-0.2, -0.15) is 0 Å². The molecule has 0 fully saturated rings. The zero-order chi connectivity index (χ0) is 13.5. The van der Waals surface area contributed by atoms with Crippen LogP contribution in [-0.2, 0) is 31.4 Å². The smallest absolute Gasteiger partial charge is 0.109 e. The summed E-state index contributed by atoms with van der Waals surface area (Å²) in [5.74, 6) is 1.11. The maximum Gasteiger partial charge on any atom is 0.109 e. The summed E-state index contributed by atoms with van der Waals surface area (Å²) in [6.07, 6.45) is 4.75. The summed E-state index contributed by atoms with van der Waals surface area (Å²) in [6.45, 7) is 2.45. The monoisotopic (exact) mass is 259 g/mol. The third-order valence-electron chi connectivity index (χ3n) is 3.18. The Hall–Kier alpha value is -1.65. The minimum absolute atomic E-state index is 0.664. The number of imidazole rings is 1. The van der Waals surface area contributed by atoms with Crippen molar-refractivity contribution in [2.45, 2.75) is 19.6 Å². The van der Waals surface area contributed by atoms with Crippen LogP contribution in [0, 0.1) is 0 Å². The first-order chi connectivity index (χ1) is 9.31. The van der Waals surface area contributed by atoms with E-state index in [2.05, 4.69) is 33.1 Å². The first-order valence-corrected chi connectivity index (χ1v) is 6.54. The highest BCUT2D eigenvalue weighted by molar-refractivity contribution is 5.26. The van der Waals surface area contributed by atoms with Gasteiger partial charge in [0.15, 0.2) is 0 Å². The van der Waals surface area contributed by atoms with Gasteiger partial charge < -0.3 is 14.6 Å². The van der Waals surface area contributed by atoms with E-state index in [1.807, 2.05) is 25.5 Å². The predicted molar refractivity (Wildman–Crippen MR) is 75.8 cm³/mol. The molecule has 1 aromatic carbocycles. The number of nitrogens with zero attached hydrogens (tertiary/aromatic N) is 2. The largest absolute Gasteiger partial charge is 0.380 e. The van der Waals surface area contributed by atoms with Crippen molar-refractivity contribution in [1.82, 2.24) is 14.9 Å². The SMILES string of the molecule is COCc1ccccc1CNCCc1nccn1C. The zero-order valence-electron chi connectivity index (χ0n) is 11.6. The molecule has 0 aliphatic carbocycles. The van der Waals surface area contributed by atoms with Crippen LogP contribution in [0.5, 0.6) is 0 Å². The summed E-state index contributed by atoms with van der Waals surface area (Å²) in [7, 11) is 3.75. The molecular formula is C15H21N3O. The molecule has 0 aliphatic rings. The standard InChI is InChI=1S/C15H21N3O/c1-18-10-9-17-15(18)7-8-16-11-13-5-3-4-6-14(13)12-19-2/h3-6,9-10,16H,7-8,11-12H2,1-2H3. The minimum Gasteiger partial charge on any atom is -0.380 e. The predicted octanol–water partition coefficient (Wildman–Crippen LogP) is 1.90. The lowest BCUT2D eigenvalue weighted by molar-refractivity contribution is 0.184. The van der Waals surface area contributed by atoms with E-state index in [0.717, 1.165) is 25.3 Å². The normalized spacial score (nSPS) is 10.8. The minimum atomic E-state index is 0.664. The number of nitrogens with one attached hydrogen (secondary N) is 1. The van der Waals surface area contributed by atoms with E-state index >= 15 is 0 Å². The van der Waals surface area contributed by atoms with E-state index in [-0.39, 0.29) is 0 Å². The number of hydrogen-bond acceptors (Lipinski definition) is 3. The number of hydrogen-bond donors (Lipinski definition) is 1. The highest BCUT2D eigenvalue weighted by Crippen LogP contribution is 2.09. The van der Waals surface area contributed by atoms with Crippen molar-refractivity contribution < 1.29 is 4.74 Å². The number of ether oxygens (including phenoxy) is 1. The van der Waals surface area contributed by atoms with Crippen LogP contribution in [0.2, 0.25) is 0 Å². The molecule has 4 heteroatoms. The summed E-state index contributed by atoms with van der Waals surface area (Å²) in [4.78, 5) is 4.31. The molecule has 0 radical (unpaired) electrons. The van der Waals surface area contributed by atoms with E-state index < -0.39 is 0 Å². The molecule has 0 saturated heterocycles. The second kappa shape index (κ2) is 7.07. The first kappa shape index (κ1) is 13.8. The van der Waals surface area contributed by atoms with Crippen molar-refractivity contribution in [2.24, 2.45) is 7.05 Å². The lowest BCUT2D eigenvalue weighted by Crippen LogP contribution is -2.19. The Morgan fingerprint density at radius 1 is 1.26 bits per heavy atom. The van der Waals surface area contributed by atoms with E-state index in [4.69, 9.17) is 4.74 Å². The highest BCUT2D eigenvalue weighted by atomic mass is 16.5. The van der Waals surface area contributed by atoms with Gasteiger partial charge in [0.1, 0.15) is 5.82 Å². The van der Waals surface area contributed by atoms with Gasteiger partial charge >= 0.3 is 0 Å². The molecule has 0 unspecified atom stereocenters. The lowest BCUT2D eigenvalue weighted by Gasteiger charge is -2.10. The van der Waals surface area contributed by atoms with Crippen LogP contribution < -0.4 is 5.32 Å². The summed E-state index contributed by atoms with van der Waals surface area (Å²) in [5.41, 5.74) is 2.54. The summed E-state index contributed by atoms with van der Waals surface area (Å²) in [5, 5.41) is 3.46. The molecule has 1 aromatic heterocycles. The third-order valence-corrected chi connectivity index (χ3v) is 3.18. The lowest BCUT2D eigenvalue weighted by atomic mass is 10.1. The van der Waals surface area contributed by atoms with Gasteiger partial charge in [0.25, 0.3) is 0 Å². The molecule has 4 nitrogen and oxygen atoms in total. The Kier molecular flexibility index (Phi) is 5.12. The van der Waals surface area contributed by atoms with Gasteiger partial charge in [0.2, 0.25) is 0 Å². The van der Waals surface area contributed by atoms with Gasteiger partial charge in [0, 0.05) is 46.1 Å². The van der Waals surface area contributed by atoms with Crippen LogP contribution in [-0.4, -0.2) is 23.2 Å². The first-order valence-electron chi connectivity index (χ1n) is 6.54. The Balaban J connectivity index is 1.81. The summed E-state index contributed by atoms with van der Waals surface area (Å²) >= 11 is 0. The Morgan fingerprint density at radius 2 is 2.05 bits per heavy atom. The molecule has 0 atom stereocenters. The fraction of sp³-hybridized carbons (Fsp3) is 0.400.